The molecule has 1 aromatic heterocycles. The summed E-state index contributed by atoms with van der Waals surface area (Å²) in [5.74, 6) is 0.930. The molecule has 1 aromatic rings. The van der Waals surface area contributed by atoms with Crippen LogP contribution in [0.2, 0.25) is 0 Å². The van der Waals surface area contributed by atoms with Gasteiger partial charge in [-0.25, -0.2) is 0 Å². The molecule has 3 nitrogen and oxygen atoms in total. The lowest BCUT2D eigenvalue weighted by Gasteiger charge is -2.15. The Bertz CT molecular complexity index is 420. The lowest BCUT2D eigenvalue weighted by molar-refractivity contribution is 0.633. The topological polar surface area (TPSA) is 34.0 Å². The zero-order valence-corrected chi connectivity index (χ0v) is 10.8. The molecule has 3 heteroatoms. The number of aryl methyl sites for hydroxylation is 1. The lowest BCUT2D eigenvalue weighted by atomic mass is 10.1. The quantitative estimate of drug-likeness (QED) is 0.821. The minimum Gasteiger partial charge on any atom is -0.381 e. The number of rotatable bonds is 6. The molecule has 0 aromatic carbocycles. The van der Waals surface area contributed by atoms with Gasteiger partial charge in [-0.2, -0.15) is 0 Å². The standard InChI is InChI=1S/C14H22N2O/c1-3-8-16-10-13(6-7-14(16)17)15-11(2)9-12-4-5-12/h6-7,10-12,15H,3-5,8-9H2,1-2H3. The van der Waals surface area contributed by atoms with Gasteiger partial charge in [-0.3, -0.25) is 4.79 Å². The number of nitrogens with one attached hydrogen (secondary N) is 1. The first-order valence-corrected chi connectivity index (χ1v) is 6.66. The molecule has 1 aliphatic rings. The van der Waals surface area contributed by atoms with Crippen LogP contribution < -0.4 is 10.9 Å². The van der Waals surface area contributed by atoms with Crippen LogP contribution in [0.4, 0.5) is 5.69 Å². The van der Waals surface area contributed by atoms with E-state index in [9.17, 15) is 4.79 Å². The fraction of sp³-hybridized carbons (Fsp3) is 0.643. The average molecular weight is 234 g/mol. The molecule has 17 heavy (non-hydrogen) atoms. The molecule has 0 aliphatic heterocycles. The van der Waals surface area contributed by atoms with Gasteiger partial charge in [-0.05, 0) is 31.7 Å². The van der Waals surface area contributed by atoms with E-state index in [1.54, 1.807) is 10.6 Å². The summed E-state index contributed by atoms with van der Waals surface area (Å²) < 4.78 is 1.78. The summed E-state index contributed by atoms with van der Waals surface area (Å²) in [5.41, 5.74) is 1.15. The van der Waals surface area contributed by atoms with Crippen molar-refractivity contribution in [3.8, 4) is 0 Å². The Kier molecular flexibility index (Phi) is 3.87. The van der Waals surface area contributed by atoms with Gasteiger partial charge in [0, 0.05) is 24.8 Å². The minimum absolute atomic E-state index is 0.0900. The van der Waals surface area contributed by atoms with E-state index < -0.39 is 0 Å². The SMILES string of the molecule is CCCn1cc(NC(C)CC2CC2)ccc1=O. The maximum Gasteiger partial charge on any atom is 0.250 e. The molecule has 1 atom stereocenters. The van der Waals surface area contributed by atoms with E-state index >= 15 is 0 Å². The van der Waals surface area contributed by atoms with Gasteiger partial charge in [0.05, 0.1) is 5.69 Å². The summed E-state index contributed by atoms with van der Waals surface area (Å²) >= 11 is 0. The van der Waals surface area contributed by atoms with Crippen LogP contribution in [0.1, 0.15) is 39.5 Å². The molecule has 0 bridgehead atoms. The Morgan fingerprint density at radius 2 is 2.24 bits per heavy atom. The zero-order chi connectivity index (χ0) is 12.3. The van der Waals surface area contributed by atoms with Gasteiger partial charge in [0.25, 0.3) is 5.56 Å². The van der Waals surface area contributed by atoms with Gasteiger partial charge < -0.3 is 9.88 Å². The van der Waals surface area contributed by atoms with Crippen LogP contribution >= 0.6 is 0 Å². The van der Waals surface area contributed by atoms with E-state index in [2.05, 4.69) is 19.2 Å². The van der Waals surface area contributed by atoms with Crippen molar-refractivity contribution in [2.24, 2.45) is 5.92 Å². The summed E-state index contributed by atoms with van der Waals surface area (Å²) in [6.45, 7) is 5.10. The van der Waals surface area contributed by atoms with Gasteiger partial charge in [-0.1, -0.05) is 19.8 Å². The third-order valence-electron chi connectivity index (χ3n) is 3.24. The second-order valence-electron chi connectivity index (χ2n) is 5.17. The first-order chi connectivity index (χ1) is 8.19. The molecule has 1 unspecified atom stereocenters. The number of aromatic nitrogens is 1. The number of nitrogens with zero attached hydrogens (tertiary/aromatic N) is 1. The highest BCUT2D eigenvalue weighted by molar-refractivity contribution is 5.41. The molecule has 0 radical (unpaired) electrons. The van der Waals surface area contributed by atoms with Crippen LogP contribution in [-0.2, 0) is 6.54 Å². The van der Waals surface area contributed by atoms with E-state index in [1.165, 1.54) is 19.3 Å². The van der Waals surface area contributed by atoms with Gasteiger partial charge >= 0.3 is 0 Å². The second-order valence-corrected chi connectivity index (χ2v) is 5.17. The van der Waals surface area contributed by atoms with Crippen molar-refractivity contribution in [2.45, 2.75) is 52.1 Å². The molecule has 0 amide bonds. The largest absolute Gasteiger partial charge is 0.381 e. The molecule has 1 N–H and O–H groups in total. The van der Waals surface area contributed by atoms with Crippen LogP contribution in [0.3, 0.4) is 0 Å². The zero-order valence-electron chi connectivity index (χ0n) is 10.8. The lowest BCUT2D eigenvalue weighted by Crippen LogP contribution is -2.21. The molecule has 1 heterocycles. The van der Waals surface area contributed by atoms with Crippen molar-refractivity contribution in [1.29, 1.82) is 0 Å². The maximum atomic E-state index is 11.6. The normalized spacial score (nSPS) is 16.8. The Labute approximate surface area is 103 Å². The first-order valence-electron chi connectivity index (χ1n) is 6.66. The fourth-order valence-corrected chi connectivity index (χ4v) is 2.23. The second kappa shape index (κ2) is 5.39. The molecule has 2 rings (SSSR count). The van der Waals surface area contributed by atoms with Crippen molar-refractivity contribution in [3.05, 3.63) is 28.7 Å². The molecule has 1 aliphatic carbocycles. The Balaban J connectivity index is 1.99. The minimum atomic E-state index is 0.0900. The van der Waals surface area contributed by atoms with Crippen LogP contribution in [-0.4, -0.2) is 10.6 Å². The highest BCUT2D eigenvalue weighted by Crippen LogP contribution is 2.33. The molecule has 0 saturated heterocycles. The molecular formula is C14H22N2O. The van der Waals surface area contributed by atoms with E-state index in [0.29, 0.717) is 6.04 Å². The summed E-state index contributed by atoms with van der Waals surface area (Å²) in [6, 6.07) is 4.04. The van der Waals surface area contributed by atoms with E-state index in [4.69, 9.17) is 0 Å². The smallest absolute Gasteiger partial charge is 0.250 e. The third-order valence-corrected chi connectivity index (χ3v) is 3.24. The summed E-state index contributed by atoms with van der Waals surface area (Å²) in [4.78, 5) is 11.6. The summed E-state index contributed by atoms with van der Waals surface area (Å²) in [5, 5.41) is 3.48. The van der Waals surface area contributed by atoms with Gasteiger partial charge in [0.1, 0.15) is 0 Å². The van der Waals surface area contributed by atoms with Gasteiger partial charge in [-0.15, -0.1) is 0 Å². The molecule has 94 valence electrons. The van der Waals surface area contributed by atoms with E-state index in [1.807, 2.05) is 12.3 Å². The summed E-state index contributed by atoms with van der Waals surface area (Å²) in [7, 11) is 0. The van der Waals surface area contributed by atoms with Crippen molar-refractivity contribution < 1.29 is 0 Å². The van der Waals surface area contributed by atoms with Crippen molar-refractivity contribution in [1.82, 2.24) is 4.57 Å². The number of anilines is 1. The highest BCUT2D eigenvalue weighted by Gasteiger charge is 2.23. The number of pyridine rings is 1. The summed E-state index contributed by atoms with van der Waals surface area (Å²) in [6.07, 6.45) is 6.95. The molecule has 0 spiro atoms. The van der Waals surface area contributed by atoms with Crippen LogP contribution in [0, 0.1) is 5.92 Å². The number of hydrogen-bond donors (Lipinski definition) is 1. The highest BCUT2D eigenvalue weighted by atomic mass is 16.1. The van der Waals surface area contributed by atoms with Crippen molar-refractivity contribution in [2.75, 3.05) is 5.32 Å². The Hall–Kier alpha value is -1.25. The predicted molar refractivity (Wildman–Crippen MR) is 71.4 cm³/mol. The number of hydrogen-bond acceptors (Lipinski definition) is 2. The Morgan fingerprint density at radius 3 is 2.88 bits per heavy atom. The van der Waals surface area contributed by atoms with Gasteiger partial charge in [0.15, 0.2) is 0 Å². The third kappa shape index (κ3) is 3.62. The average Bonchev–Trinajstić information content (AvgIpc) is 3.07. The van der Waals surface area contributed by atoms with E-state index in [-0.39, 0.29) is 5.56 Å². The van der Waals surface area contributed by atoms with E-state index in [0.717, 1.165) is 24.6 Å². The molecule has 1 fully saturated rings. The van der Waals surface area contributed by atoms with Crippen LogP contribution in [0.15, 0.2) is 23.1 Å². The first kappa shape index (κ1) is 12.2. The van der Waals surface area contributed by atoms with Gasteiger partial charge in [0.2, 0.25) is 0 Å². The van der Waals surface area contributed by atoms with Crippen LogP contribution in [0.25, 0.3) is 0 Å². The van der Waals surface area contributed by atoms with Crippen molar-refractivity contribution >= 4 is 5.69 Å². The predicted octanol–water partition coefficient (Wildman–Crippen LogP) is 2.86. The maximum absolute atomic E-state index is 11.6. The molecule has 1 saturated carbocycles. The fourth-order valence-electron chi connectivity index (χ4n) is 2.23. The van der Waals surface area contributed by atoms with Crippen molar-refractivity contribution in [3.63, 3.8) is 0 Å². The molecular weight excluding hydrogens is 212 g/mol. The monoisotopic (exact) mass is 234 g/mol. The van der Waals surface area contributed by atoms with Crippen LogP contribution in [0.5, 0.6) is 0 Å². The Morgan fingerprint density at radius 1 is 1.47 bits per heavy atom.